The van der Waals surface area contributed by atoms with Crippen LogP contribution in [0.25, 0.3) is 0 Å². The van der Waals surface area contributed by atoms with E-state index >= 15 is 0 Å². The third kappa shape index (κ3) is 3.35. The molecule has 0 saturated carbocycles. The van der Waals surface area contributed by atoms with Crippen LogP contribution in [0.5, 0.6) is 0 Å². The Morgan fingerprint density at radius 2 is 2.06 bits per heavy atom. The molecule has 94 valence electrons. The summed E-state index contributed by atoms with van der Waals surface area (Å²) in [7, 11) is 0. The van der Waals surface area contributed by atoms with Crippen molar-refractivity contribution in [1.29, 1.82) is 0 Å². The van der Waals surface area contributed by atoms with Crippen LogP contribution in [-0.4, -0.2) is 12.6 Å². The van der Waals surface area contributed by atoms with Gasteiger partial charge in [-0.3, -0.25) is 5.32 Å². The molecule has 2 aromatic rings. The van der Waals surface area contributed by atoms with E-state index in [1.807, 2.05) is 0 Å². The molecule has 0 aliphatic carbocycles. The zero-order valence-electron chi connectivity index (χ0n) is 9.65. The van der Waals surface area contributed by atoms with E-state index in [1.165, 1.54) is 12.3 Å². The molecule has 1 heterocycles. The molecule has 0 atom stereocenters. The Balaban J connectivity index is 1.75. The first-order valence-electron chi connectivity index (χ1n) is 5.57. The second-order valence-electron chi connectivity index (χ2n) is 3.70. The van der Waals surface area contributed by atoms with Crippen LogP contribution in [0.3, 0.4) is 0 Å². The summed E-state index contributed by atoms with van der Waals surface area (Å²) in [5.41, 5.74) is 0.579. The van der Waals surface area contributed by atoms with Crippen LogP contribution in [0.2, 0.25) is 0 Å². The van der Waals surface area contributed by atoms with Gasteiger partial charge in [-0.25, -0.2) is 9.18 Å². The van der Waals surface area contributed by atoms with Gasteiger partial charge in [0.15, 0.2) is 0 Å². The van der Waals surface area contributed by atoms with Crippen LogP contribution in [0.15, 0.2) is 47.1 Å². The molecule has 2 N–H and O–H groups in total. The molecule has 1 aromatic heterocycles. The van der Waals surface area contributed by atoms with Crippen molar-refractivity contribution in [2.75, 3.05) is 11.9 Å². The predicted molar refractivity (Wildman–Crippen MR) is 65.8 cm³/mol. The van der Waals surface area contributed by atoms with Crippen molar-refractivity contribution in [2.24, 2.45) is 0 Å². The van der Waals surface area contributed by atoms with E-state index in [1.54, 1.807) is 30.3 Å². The summed E-state index contributed by atoms with van der Waals surface area (Å²) in [5.74, 6) is 0.115. The normalized spacial score (nSPS) is 10.1. The number of hydrogen-bond acceptors (Lipinski definition) is 2. The minimum atomic E-state index is -0.374. The number of anilines is 1. The molecule has 18 heavy (non-hydrogen) atoms. The highest BCUT2D eigenvalue weighted by molar-refractivity contribution is 5.87. The maximum absolute atomic E-state index is 13.3. The minimum absolute atomic E-state index is 0.259. The van der Waals surface area contributed by atoms with Gasteiger partial charge in [0.2, 0.25) is 5.88 Å². The number of carbonyl (C=O) groups is 1. The van der Waals surface area contributed by atoms with Gasteiger partial charge in [-0.2, -0.15) is 0 Å². The van der Waals surface area contributed by atoms with Crippen molar-refractivity contribution in [1.82, 2.24) is 5.32 Å². The van der Waals surface area contributed by atoms with E-state index in [-0.39, 0.29) is 11.8 Å². The molecule has 0 bridgehead atoms. The standard InChI is InChI=1S/C13H13FN2O2/c14-11-5-2-1-4-10(11)7-8-15-13(17)16-12-6-3-9-18-12/h1-6,9H,7-8H2,(H2,15,16,17). The van der Waals surface area contributed by atoms with Crippen LogP contribution >= 0.6 is 0 Å². The van der Waals surface area contributed by atoms with Crippen LogP contribution in [0.1, 0.15) is 5.56 Å². The summed E-state index contributed by atoms with van der Waals surface area (Å²) in [4.78, 5) is 11.4. The van der Waals surface area contributed by atoms with Gasteiger partial charge in [0.05, 0.1) is 6.26 Å². The number of rotatable bonds is 4. The lowest BCUT2D eigenvalue weighted by atomic mass is 10.1. The molecule has 0 fully saturated rings. The molecule has 0 aliphatic rings. The Kier molecular flexibility index (Phi) is 3.96. The molecule has 4 nitrogen and oxygen atoms in total. The van der Waals surface area contributed by atoms with Gasteiger partial charge in [-0.05, 0) is 24.1 Å². The smallest absolute Gasteiger partial charge is 0.321 e. The fourth-order valence-corrected chi connectivity index (χ4v) is 1.52. The third-order valence-electron chi connectivity index (χ3n) is 2.40. The molecular formula is C13H13FN2O2. The molecule has 0 spiro atoms. The molecule has 0 saturated heterocycles. The van der Waals surface area contributed by atoms with Gasteiger partial charge in [0.25, 0.3) is 0 Å². The topological polar surface area (TPSA) is 54.3 Å². The van der Waals surface area contributed by atoms with E-state index in [0.717, 1.165) is 0 Å². The van der Waals surface area contributed by atoms with E-state index in [4.69, 9.17) is 4.42 Å². The highest BCUT2D eigenvalue weighted by Gasteiger charge is 2.04. The van der Waals surface area contributed by atoms with E-state index < -0.39 is 0 Å². The first-order valence-corrected chi connectivity index (χ1v) is 5.57. The van der Waals surface area contributed by atoms with Crippen LogP contribution in [0, 0.1) is 5.82 Å². The molecule has 0 unspecified atom stereocenters. The van der Waals surface area contributed by atoms with Crippen LogP contribution in [0.4, 0.5) is 15.1 Å². The summed E-state index contributed by atoms with van der Waals surface area (Å²) in [5, 5.41) is 5.13. The summed E-state index contributed by atoms with van der Waals surface area (Å²) in [6, 6.07) is 9.43. The van der Waals surface area contributed by atoms with Crippen molar-refractivity contribution in [2.45, 2.75) is 6.42 Å². The summed E-state index contributed by atoms with van der Waals surface area (Å²) < 4.78 is 18.2. The maximum atomic E-state index is 13.3. The lowest BCUT2D eigenvalue weighted by molar-refractivity contribution is 0.251. The Hall–Kier alpha value is -2.30. The van der Waals surface area contributed by atoms with Crippen LogP contribution in [-0.2, 0) is 6.42 Å². The first-order chi connectivity index (χ1) is 8.75. The van der Waals surface area contributed by atoms with Crippen molar-refractivity contribution in [3.63, 3.8) is 0 Å². The zero-order chi connectivity index (χ0) is 12.8. The zero-order valence-corrected chi connectivity index (χ0v) is 9.65. The van der Waals surface area contributed by atoms with Gasteiger partial charge in [-0.1, -0.05) is 18.2 Å². The minimum Gasteiger partial charge on any atom is -0.449 e. The predicted octanol–water partition coefficient (Wildman–Crippen LogP) is 2.78. The second kappa shape index (κ2) is 5.86. The van der Waals surface area contributed by atoms with Gasteiger partial charge in [-0.15, -0.1) is 0 Å². The van der Waals surface area contributed by atoms with E-state index in [2.05, 4.69) is 10.6 Å². The van der Waals surface area contributed by atoms with Gasteiger partial charge in [0, 0.05) is 12.6 Å². The number of carbonyl (C=O) groups excluding carboxylic acids is 1. The number of amides is 2. The van der Waals surface area contributed by atoms with Gasteiger partial charge in [0.1, 0.15) is 5.82 Å². The van der Waals surface area contributed by atoms with Crippen molar-refractivity contribution < 1.29 is 13.6 Å². The Morgan fingerprint density at radius 1 is 1.22 bits per heavy atom. The highest BCUT2D eigenvalue weighted by Crippen LogP contribution is 2.07. The Morgan fingerprint density at radius 3 is 2.78 bits per heavy atom. The summed E-state index contributed by atoms with van der Waals surface area (Å²) in [6.45, 7) is 0.355. The third-order valence-corrected chi connectivity index (χ3v) is 2.40. The fourth-order valence-electron chi connectivity index (χ4n) is 1.52. The second-order valence-corrected chi connectivity index (χ2v) is 3.70. The lowest BCUT2D eigenvalue weighted by Gasteiger charge is -2.06. The molecule has 2 rings (SSSR count). The fraction of sp³-hybridized carbons (Fsp3) is 0.154. The monoisotopic (exact) mass is 248 g/mol. The number of benzene rings is 1. The molecule has 0 radical (unpaired) electrons. The van der Waals surface area contributed by atoms with Gasteiger partial charge < -0.3 is 9.73 Å². The molecule has 0 aliphatic heterocycles. The number of urea groups is 1. The number of halogens is 1. The Labute approximate surface area is 104 Å². The average Bonchev–Trinajstić information content (AvgIpc) is 2.84. The van der Waals surface area contributed by atoms with E-state index in [9.17, 15) is 9.18 Å². The highest BCUT2D eigenvalue weighted by atomic mass is 19.1. The number of hydrogen-bond donors (Lipinski definition) is 2. The largest absolute Gasteiger partial charge is 0.449 e. The lowest BCUT2D eigenvalue weighted by Crippen LogP contribution is -2.30. The molecule has 5 heteroatoms. The summed E-state index contributed by atoms with van der Waals surface area (Å²) in [6.07, 6.45) is 1.91. The molecule has 1 aromatic carbocycles. The van der Waals surface area contributed by atoms with Gasteiger partial charge >= 0.3 is 6.03 Å². The van der Waals surface area contributed by atoms with Crippen LogP contribution < -0.4 is 10.6 Å². The van der Waals surface area contributed by atoms with Crippen molar-refractivity contribution >= 4 is 11.9 Å². The summed E-state index contributed by atoms with van der Waals surface area (Å²) >= 11 is 0. The Bertz CT molecular complexity index is 511. The quantitative estimate of drug-likeness (QED) is 0.874. The number of nitrogens with one attached hydrogen (secondary N) is 2. The SMILES string of the molecule is O=C(NCCc1ccccc1F)Nc1ccco1. The average molecular weight is 248 g/mol. The maximum Gasteiger partial charge on any atom is 0.321 e. The number of furan rings is 1. The van der Waals surface area contributed by atoms with Crippen molar-refractivity contribution in [3.05, 3.63) is 54.0 Å². The molecular weight excluding hydrogens is 235 g/mol. The van der Waals surface area contributed by atoms with E-state index in [0.29, 0.717) is 24.4 Å². The molecule has 2 amide bonds. The van der Waals surface area contributed by atoms with Crippen molar-refractivity contribution in [3.8, 4) is 0 Å². The first kappa shape index (κ1) is 12.2.